The number of amides is 1. The van der Waals surface area contributed by atoms with Crippen molar-refractivity contribution in [1.82, 2.24) is 24.5 Å². The van der Waals surface area contributed by atoms with Gasteiger partial charge < -0.3 is 9.72 Å². The van der Waals surface area contributed by atoms with Gasteiger partial charge in [-0.05, 0) is 66.2 Å². The molecule has 1 amide bonds. The minimum atomic E-state index is -0.308. The topological polar surface area (TPSA) is 64.2 Å². The smallest absolute Gasteiger partial charge is 0.251 e. The molecule has 3 aromatic heterocycles. The fraction of sp³-hybridized carbons (Fsp3) is 0.107. The van der Waals surface area contributed by atoms with Gasteiger partial charge in [0.2, 0.25) is 0 Å². The summed E-state index contributed by atoms with van der Waals surface area (Å²) in [5.41, 5.74) is 4.68. The molecule has 5 rings (SSSR count). The number of carbonyl (C=O) groups excluding carboxylic acids is 1. The van der Waals surface area contributed by atoms with E-state index in [1.807, 2.05) is 54.3 Å². The van der Waals surface area contributed by atoms with Crippen molar-refractivity contribution in [2.45, 2.75) is 17.2 Å². The molecule has 0 radical (unpaired) electrons. The quantitative estimate of drug-likeness (QED) is 0.271. The van der Waals surface area contributed by atoms with E-state index < -0.39 is 0 Å². The maximum absolute atomic E-state index is 13.3. The average molecular weight is 496 g/mol. The largest absolute Gasteiger partial charge is 0.348 e. The van der Waals surface area contributed by atoms with E-state index in [0.29, 0.717) is 23.4 Å². The lowest BCUT2D eigenvalue weighted by Gasteiger charge is -2.09. The molecular formula is C28H22FN5OS. The molecule has 0 aliphatic heterocycles. The van der Waals surface area contributed by atoms with Crippen LogP contribution in [0.5, 0.6) is 0 Å². The highest BCUT2D eigenvalue weighted by molar-refractivity contribution is 7.98. The molecule has 1 N–H and O–H groups in total. The van der Waals surface area contributed by atoms with Gasteiger partial charge in [0.05, 0.1) is 5.69 Å². The van der Waals surface area contributed by atoms with Gasteiger partial charge in [0.25, 0.3) is 5.91 Å². The van der Waals surface area contributed by atoms with Gasteiger partial charge in [0, 0.05) is 65.7 Å². The van der Waals surface area contributed by atoms with Crippen molar-refractivity contribution in [2.75, 3.05) is 0 Å². The third-order valence-electron chi connectivity index (χ3n) is 5.49. The van der Waals surface area contributed by atoms with Crippen LogP contribution in [0.25, 0.3) is 5.65 Å². The summed E-state index contributed by atoms with van der Waals surface area (Å²) in [5.74, 6) is 6.42. The van der Waals surface area contributed by atoms with Crippen molar-refractivity contribution in [3.63, 3.8) is 0 Å². The van der Waals surface area contributed by atoms with E-state index in [1.54, 1.807) is 46.9 Å². The predicted molar refractivity (Wildman–Crippen MR) is 138 cm³/mol. The molecule has 178 valence electrons. The Labute approximate surface area is 212 Å². The molecule has 0 saturated carbocycles. The zero-order valence-corrected chi connectivity index (χ0v) is 20.3. The molecular weight excluding hydrogens is 473 g/mol. The van der Waals surface area contributed by atoms with Gasteiger partial charge in [-0.15, -0.1) is 11.8 Å². The van der Waals surface area contributed by atoms with E-state index in [1.165, 1.54) is 12.1 Å². The first-order valence-electron chi connectivity index (χ1n) is 11.3. The summed E-state index contributed by atoms with van der Waals surface area (Å²) in [5, 5.41) is 7.40. The van der Waals surface area contributed by atoms with E-state index in [9.17, 15) is 9.18 Å². The van der Waals surface area contributed by atoms with Gasteiger partial charge in [-0.25, -0.2) is 9.37 Å². The first-order chi connectivity index (χ1) is 17.5. The van der Waals surface area contributed by atoms with Gasteiger partial charge in [0.15, 0.2) is 0 Å². The molecule has 2 aromatic carbocycles. The molecule has 0 spiro atoms. The van der Waals surface area contributed by atoms with Gasteiger partial charge in [-0.3, -0.25) is 9.48 Å². The number of carbonyl (C=O) groups is 1. The summed E-state index contributed by atoms with van der Waals surface area (Å²) < 4.78 is 16.9. The number of fused-ring (bicyclic) bond motifs is 1. The number of hydrogen-bond donors (Lipinski definition) is 1. The van der Waals surface area contributed by atoms with Crippen LogP contribution in [0.15, 0.2) is 90.3 Å². The van der Waals surface area contributed by atoms with Crippen LogP contribution in [0.3, 0.4) is 0 Å². The highest BCUT2D eigenvalue weighted by Crippen LogP contribution is 2.27. The highest BCUT2D eigenvalue weighted by atomic mass is 32.2. The zero-order chi connectivity index (χ0) is 24.9. The number of nitrogens with zero attached hydrogens (tertiary/aromatic N) is 4. The molecule has 0 aliphatic rings. The standard InChI is InChI=1S/C28H22FN5OS/c1-33-13-11-25(32-33)19-36-26-9-6-23(17-22(26)5-2-20-3-7-24(29)8-4-20)28(35)31-18-21-10-14-34-15-12-30-27(34)16-21/h3-4,6-17H,18-19H2,1H3,(H,31,35). The van der Waals surface area contributed by atoms with E-state index in [-0.39, 0.29) is 11.7 Å². The van der Waals surface area contributed by atoms with E-state index in [2.05, 4.69) is 27.2 Å². The zero-order valence-electron chi connectivity index (χ0n) is 19.5. The molecule has 36 heavy (non-hydrogen) atoms. The highest BCUT2D eigenvalue weighted by Gasteiger charge is 2.11. The maximum Gasteiger partial charge on any atom is 0.251 e. The summed E-state index contributed by atoms with van der Waals surface area (Å²) in [4.78, 5) is 18.2. The van der Waals surface area contributed by atoms with Gasteiger partial charge in [-0.2, -0.15) is 5.10 Å². The van der Waals surface area contributed by atoms with Crippen LogP contribution >= 0.6 is 11.8 Å². The fourth-order valence-corrected chi connectivity index (χ4v) is 4.49. The van der Waals surface area contributed by atoms with E-state index in [4.69, 9.17) is 0 Å². The second kappa shape index (κ2) is 10.5. The van der Waals surface area contributed by atoms with Gasteiger partial charge >= 0.3 is 0 Å². The summed E-state index contributed by atoms with van der Waals surface area (Å²) in [6.45, 7) is 0.384. The first kappa shape index (κ1) is 23.4. The number of pyridine rings is 1. The molecule has 5 aromatic rings. The van der Waals surface area contributed by atoms with Crippen LogP contribution < -0.4 is 5.32 Å². The molecule has 0 aliphatic carbocycles. The third-order valence-corrected chi connectivity index (χ3v) is 6.59. The second-order valence-corrected chi connectivity index (χ2v) is 9.16. The second-order valence-electron chi connectivity index (χ2n) is 8.15. The molecule has 0 atom stereocenters. The number of benzene rings is 2. The van der Waals surface area contributed by atoms with Crippen LogP contribution in [-0.2, 0) is 19.3 Å². The van der Waals surface area contributed by atoms with Gasteiger partial charge in [-0.1, -0.05) is 11.8 Å². The Kier molecular flexibility index (Phi) is 6.83. The lowest BCUT2D eigenvalue weighted by Crippen LogP contribution is -2.23. The van der Waals surface area contributed by atoms with Crippen molar-refractivity contribution < 1.29 is 9.18 Å². The van der Waals surface area contributed by atoms with Crippen LogP contribution in [0, 0.1) is 17.7 Å². The van der Waals surface area contributed by atoms with Crippen LogP contribution in [0.1, 0.15) is 32.7 Å². The number of halogens is 1. The Bertz CT molecular complexity index is 1590. The molecule has 8 heteroatoms. The van der Waals surface area contributed by atoms with Crippen LogP contribution in [0.4, 0.5) is 4.39 Å². The van der Waals surface area contributed by atoms with Crippen LogP contribution in [-0.4, -0.2) is 25.1 Å². The first-order valence-corrected chi connectivity index (χ1v) is 12.2. The van der Waals surface area contributed by atoms with E-state index in [0.717, 1.165) is 27.4 Å². The summed E-state index contributed by atoms with van der Waals surface area (Å²) in [6, 6.07) is 17.4. The molecule has 0 unspecified atom stereocenters. The summed E-state index contributed by atoms with van der Waals surface area (Å²) >= 11 is 1.60. The number of aromatic nitrogens is 4. The molecule has 0 bridgehead atoms. The third kappa shape index (κ3) is 5.65. The predicted octanol–water partition coefficient (Wildman–Crippen LogP) is 4.83. The Morgan fingerprint density at radius 3 is 2.69 bits per heavy atom. The lowest BCUT2D eigenvalue weighted by molar-refractivity contribution is 0.0951. The van der Waals surface area contributed by atoms with Crippen molar-refractivity contribution in [1.29, 1.82) is 0 Å². The van der Waals surface area contributed by atoms with Crippen molar-refractivity contribution in [3.05, 3.63) is 119 Å². The van der Waals surface area contributed by atoms with Crippen molar-refractivity contribution >= 4 is 23.3 Å². The average Bonchev–Trinajstić information content (AvgIpc) is 3.54. The van der Waals surface area contributed by atoms with Crippen molar-refractivity contribution in [2.24, 2.45) is 7.05 Å². The molecule has 3 heterocycles. The minimum Gasteiger partial charge on any atom is -0.348 e. The number of nitrogens with one attached hydrogen (secondary N) is 1. The summed E-state index contributed by atoms with van der Waals surface area (Å²) in [7, 11) is 1.88. The lowest BCUT2D eigenvalue weighted by atomic mass is 10.1. The van der Waals surface area contributed by atoms with Crippen LogP contribution in [0.2, 0.25) is 0 Å². The van der Waals surface area contributed by atoms with E-state index >= 15 is 0 Å². The molecule has 0 saturated heterocycles. The molecule has 6 nitrogen and oxygen atoms in total. The van der Waals surface area contributed by atoms with Crippen molar-refractivity contribution in [3.8, 4) is 11.8 Å². The Balaban J connectivity index is 1.36. The van der Waals surface area contributed by atoms with Gasteiger partial charge in [0.1, 0.15) is 11.5 Å². The number of thioether (sulfide) groups is 1. The molecule has 0 fully saturated rings. The number of imidazole rings is 1. The number of hydrogen-bond acceptors (Lipinski definition) is 4. The minimum absolute atomic E-state index is 0.190. The Hall–Kier alpha value is -4.35. The Morgan fingerprint density at radius 1 is 1.03 bits per heavy atom. The fourth-order valence-electron chi connectivity index (χ4n) is 3.61. The number of rotatable bonds is 6. The number of aryl methyl sites for hydroxylation is 1. The monoisotopic (exact) mass is 495 g/mol. The SMILES string of the molecule is Cn1ccc(CSc2ccc(C(=O)NCc3ccn4ccnc4c3)cc2C#Cc2ccc(F)cc2)n1. The Morgan fingerprint density at radius 2 is 1.89 bits per heavy atom. The summed E-state index contributed by atoms with van der Waals surface area (Å²) in [6.07, 6.45) is 7.43. The maximum atomic E-state index is 13.3. The normalized spacial score (nSPS) is 10.7.